The summed E-state index contributed by atoms with van der Waals surface area (Å²) in [4.78, 5) is 11.2. The molecule has 4 N–H and O–H groups in total. The maximum Gasteiger partial charge on any atom is 0.217 e. The zero-order valence-electron chi connectivity index (χ0n) is 11.4. The van der Waals surface area contributed by atoms with Gasteiger partial charge in [0.25, 0.3) is 0 Å². The number of aliphatic hydroxyl groups is 3. The van der Waals surface area contributed by atoms with Crippen LogP contribution in [-0.2, 0) is 14.3 Å². The Morgan fingerprint density at radius 3 is 2.53 bits per heavy atom. The van der Waals surface area contributed by atoms with Crippen LogP contribution in [-0.4, -0.2) is 64.6 Å². The molecule has 1 amide bonds. The minimum Gasteiger partial charge on any atom is -0.394 e. The number of hydrogen-bond donors (Lipinski definition) is 4. The summed E-state index contributed by atoms with van der Waals surface area (Å²) in [6.07, 6.45) is -3.79. The van der Waals surface area contributed by atoms with E-state index in [0.29, 0.717) is 0 Å². The topological polar surface area (TPSA) is 108 Å². The molecule has 112 valence electrons. The number of amides is 1. The molecule has 0 radical (unpaired) electrons. The monoisotopic (exact) mass is 277 g/mol. The van der Waals surface area contributed by atoms with E-state index in [-0.39, 0.29) is 12.0 Å². The second-order valence-corrected chi connectivity index (χ2v) is 4.79. The fraction of sp³-hybridized carbons (Fsp3) is 0.917. The summed E-state index contributed by atoms with van der Waals surface area (Å²) in [5.74, 6) is -0.361. The van der Waals surface area contributed by atoms with E-state index in [1.54, 1.807) is 0 Å². The van der Waals surface area contributed by atoms with Gasteiger partial charge in [0, 0.05) is 6.92 Å². The third-order valence-electron chi connectivity index (χ3n) is 3.19. The van der Waals surface area contributed by atoms with Crippen molar-refractivity contribution in [3.8, 4) is 0 Å². The van der Waals surface area contributed by atoms with Crippen LogP contribution < -0.4 is 5.32 Å². The van der Waals surface area contributed by atoms with Gasteiger partial charge < -0.3 is 30.1 Å². The lowest BCUT2D eigenvalue weighted by molar-refractivity contribution is -0.280. The van der Waals surface area contributed by atoms with Gasteiger partial charge in [-0.05, 0) is 13.3 Å². The summed E-state index contributed by atoms with van der Waals surface area (Å²) < 4.78 is 11.0. The van der Waals surface area contributed by atoms with Gasteiger partial charge in [0.1, 0.15) is 24.4 Å². The van der Waals surface area contributed by atoms with Crippen LogP contribution in [0.3, 0.4) is 0 Å². The van der Waals surface area contributed by atoms with E-state index in [1.165, 1.54) is 6.92 Å². The first-order chi connectivity index (χ1) is 8.90. The Morgan fingerprint density at radius 2 is 2.05 bits per heavy atom. The van der Waals surface area contributed by atoms with E-state index in [0.717, 1.165) is 6.42 Å². The van der Waals surface area contributed by atoms with Crippen LogP contribution in [0.2, 0.25) is 0 Å². The van der Waals surface area contributed by atoms with Crippen LogP contribution in [0.1, 0.15) is 27.2 Å². The molecule has 1 heterocycles. The Morgan fingerprint density at radius 1 is 1.42 bits per heavy atom. The first-order valence-corrected chi connectivity index (χ1v) is 6.45. The third kappa shape index (κ3) is 4.12. The van der Waals surface area contributed by atoms with Crippen molar-refractivity contribution in [3.05, 3.63) is 0 Å². The molecule has 7 heteroatoms. The van der Waals surface area contributed by atoms with Crippen LogP contribution in [0.15, 0.2) is 0 Å². The molecular formula is C12H23NO6. The summed E-state index contributed by atoms with van der Waals surface area (Å²) in [5, 5.41) is 31.4. The zero-order chi connectivity index (χ0) is 14.6. The molecule has 0 aromatic rings. The van der Waals surface area contributed by atoms with Gasteiger partial charge in [0.2, 0.25) is 5.91 Å². The smallest absolute Gasteiger partial charge is 0.217 e. The molecule has 0 bridgehead atoms. The van der Waals surface area contributed by atoms with E-state index in [4.69, 9.17) is 14.6 Å². The van der Waals surface area contributed by atoms with Gasteiger partial charge in [-0.1, -0.05) is 6.92 Å². The SMILES string of the molecule is CC[C@H](C)O[C@@H]1O[C@@H](CO)[C@@H](O)[C@@H](O)[C@H]1NC(C)=O. The molecule has 0 aliphatic carbocycles. The number of ether oxygens (including phenoxy) is 2. The van der Waals surface area contributed by atoms with Gasteiger partial charge in [-0.2, -0.15) is 0 Å². The lowest BCUT2D eigenvalue weighted by Gasteiger charge is -2.42. The van der Waals surface area contributed by atoms with Crippen LogP contribution in [0.5, 0.6) is 0 Å². The first-order valence-electron chi connectivity index (χ1n) is 6.45. The van der Waals surface area contributed by atoms with E-state index in [1.807, 2.05) is 13.8 Å². The highest BCUT2D eigenvalue weighted by Crippen LogP contribution is 2.23. The van der Waals surface area contributed by atoms with Crippen molar-refractivity contribution in [2.24, 2.45) is 0 Å². The van der Waals surface area contributed by atoms with Crippen LogP contribution in [0.25, 0.3) is 0 Å². The van der Waals surface area contributed by atoms with Crippen molar-refractivity contribution in [2.75, 3.05) is 6.61 Å². The predicted octanol–water partition coefficient (Wildman–Crippen LogP) is -1.25. The quantitative estimate of drug-likeness (QED) is 0.500. The van der Waals surface area contributed by atoms with Crippen molar-refractivity contribution in [1.29, 1.82) is 0 Å². The molecule has 1 rings (SSSR count). The van der Waals surface area contributed by atoms with Crippen molar-refractivity contribution < 1.29 is 29.6 Å². The molecule has 0 saturated carbocycles. The molecule has 19 heavy (non-hydrogen) atoms. The van der Waals surface area contributed by atoms with Gasteiger partial charge in [0.05, 0.1) is 12.7 Å². The van der Waals surface area contributed by atoms with Crippen molar-refractivity contribution in [3.63, 3.8) is 0 Å². The fourth-order valence-electron chi connectivity index (χ4n) is 1.91. The molecule has 1 aliphatic rings. The molecule has 6 atom stereocenters. The number of rotatable bonds is 5. The molecule has 1 aliphatic heterocycles. The lowest BCUT2D eigenvalue weighted by atomic mass is 9.97. The Labute approximate surface area is 112 Å². The molecule has 0 aromatic carbocycles. The minimum atomic E-state index is -1.28. The van der Waals surface area contributed by atoms with Crippen molar-refractivity contribution >= 4 is 5.91 Å². The summed E-state index contributed by atoms with van der Waals surface area (Å²) >= 11 is 0. The minimum absolute atomic E-state index is 0.136. The van der Waals surface area contributed by atoms with Crippen LogP contribution in [0, 0.1) is 0 Å². The largest absolute Gasteiger partial charge is 0.394 e. The van der Waals surface area contributed by atoms with Gasteiger partial charge in [-0.15, -0.1) is 0 Å². The maximum absolute atomic E-state index is 11.2. The van der Waals surface area contributed by atoms with E-state index >= 15 is 0 Å². The maximum atomic E-state index is 11.2. The molecule has 1 fully saturated rings. The summed E-state index contributed by atoms with van der Waals surface area (Å²) in [7, 11) is 0. The highest BCUT2D eigenvalue weighted by molar-refractivity contribution is 5.73. The molecule has 0 aromatic heterocycles. The fourth-order valence-corrected chi connectivity index (χ4v) is 1.91. The molecular weight excluding hydrogens is 254 g/mol. The average molecular weight is 277 g/mol. The lowest BCUT2D eigenvalue weighted by Crippen LogP contribution is -2.64. The van der Waals surface area contributed by atoms with E-state index < -0.39 is 37.3 Å². The number of aliphatic hydroxyl groups excluding tert-OH is 3. The standard InChI is InChI=1S/C12H23NO6/c1-4-6(2)18-12-9(13-7(3)15)11(17)10(16)8(5-14)19-12/h6,8-12,14,16-17H,4-5H2,1-3H3,(H,13,15)/t6-,8-,9+,10+,11-,12+/m0/s1. The Hall–Kier alpha value is -0.730. The molecule has 0 spiro atoms. The average Bonchev–Trinajstić information content (AvgIpc) is 2.37. The van der Waals surface area contributed by atoms with Gasteiger partial charge in [-0.3, -0.25) is 4.79 Å². The van der Waals surface area contributed by atoms with Crippen molar-refractivity contribution in [2.45, 2.75) is 63.9 Å². The molecule has 0 unspecified atom stereocenters. The van der Waals surface area contributed by atoms with Gasteiger partial charge in [0.15, 0.2) is 6.29 Å². The first kappa shape index (κ1) is 16.3. The zero-order valence-corrected chi connectivity index (χ0v) is 11.4. The van der Waals surface area contributed by atoms with Crippen LogP contribution >= 0.6 is 0 Å². The number of hydrogen-bond acceptors (Lipinski definition) is 6. The van der Waals surface area contributed by atoms with Crippen LogP contribution in [0.4, 0.5) is 0 Å². The summed E-state index contributed by atoms with van der Waals surface area (Å²) in [6.45, 7) is 4.62. The molecule has 1 saturated heterocycles. The van der Waals surface area contributed by atoms with E-state index in [2.05, 4.69) is 5.32 Å². The number of carbonyl (C=O) groups excluding carboxylic acids is 1. The highest BCUT2D eigenvalue weighted by atomic mass is 16.7. The van der Waals surface area contributed by atoms with Gasteiger partial charge >= 0.3 is 0 Å². The Balaban J connectivity index is 2.83. The second-order valence-electron chi connectivity index (χ2n) is 4.79. The third-order valence-corrected chi connectivity index (χ3v) is 3.19. The number of carbonyl (C=O) groups is 1. The Kier molecular flexibility index (Phi) is 6.15. The highest BCUT2D eigenvalue weighted by Gasteiger charge is 2.45. The molecule has 7 nitrogen and oxygen atoms in total. The van der Waals surface area contributed by atoms with E-state index in [9.17, 15) is 15.0 Å². The summed E-state index contributed by atoms with van der Waals surface area (Å²) in [6, 6.07) is -0.871. The normalized spacial score (nSPS) is 36.8. The van der Waals surface area contributed by atoms with Crippen molar-refractivity contribution in [1.82, 2.24) is 5.32 Å². The Bertz CT molecular complexity index is 300. The second kappa shape index (κ2) is 7.16. The van der Waals surface area contributed by atoms with Gasteiger partial charge in [-0.25, -0.2) is 0 Å². The number of nitrogens with one attached hydrogen (secondary N) is 1. The predicted molar refractivity (Wildman–Crippen MR) is 66.2 cm³/mol. The summed E-state index contributed by atoms with van der Waals surface area (Å²) in [5.41, 5.74) is 0.